The van der Waals surface area contributed by atoms with Gasteiger partial charge in [0.1, 0.15) is 12.4 Å². The van der Waals surface area contributed by atoms with Gasteiger partial charge in [0.2, 0.25) is 5.91 Å². The van der Waals surface area contributed by atoms with E-state index in [0.717, 1.165) is 11.1 Å². The Hall–Kier alpha value is -3.02. The number of nitrogens with zero attached hydrogens (tertiary/aromatic N) is 2. The van der Waals surface area contributed by atoms with Crippen molar-refractivity contribution in [3.8, 4) is 0 Å². The topological polar surface area (TPSA) is 64.0 Å². The van der Waals surface area contributed by atoms with E-state index < -0.39 is 5.82 Å². The standard InChI is InChI=1S/C20H20FN3O2/c1-12-4-5-15(8-13(12)2)14(3)23-19(25)10-24-11-22-18-9-16(21)6-7-17(18)20(24)26/h4-9,11,14H,10H2,1-3H3,(H,23,25). The lowest BCUT2D eigenvalue weighted by atomic mass is 10.0. The zero-order valence-electron chi connectivity index (χ0n) is 14.9. The van der Waals surface area contributed by atoms with Crippen molar-refractivity contribution in [3.05, 3.63) is 75.6 Å². The number of rotatable bonds is 4. The summed E-state index contributed by atoms with van der Waals surface area (Å²) in [6, 6.07) is 9.64. The lowest BCUT2D eigenvalue weighted by Crippen LogP contribution is -2.34. The highest BCUT2D eigenvalue weighted by atomic mass is 19.1. The van der Waals surface area contributed by atoms with Crippen LogP contribution in [0.4, 0.5) is 4.39 Å². The maximum atomic E-state index is 13.2. The minimum absolute atomic E-state index is 0.145. The number of aryl methyl sites for hydroxylation is 2. The van der Waals surface area contributed by atoms with Gasteiger partial charge in [-0.3, -0.25) is 14.2 Å². The average molecular weight is 353 g/mol. The van der Waals surface area contributed by atoms with Crippen LogP contribution < -0.4 is 10.9 Å². The number of carbonyl (C=O) groups excluding carboxylic acids is 1. The Balaban J connectivity index is 1.76. The Morgan fingerprint density at radius 2 is 1.96 bits per heavy atom. The van der Waals surface area contributed by atoms with Gasteiger partial charge in [-0.05, 0) is 49.6 Å². The SMILES string of the molecule is Cc1ccc(C(C)NC(=O)Cn2cnc3cc(F)ccc3c2=O)cc1C. The van der Waals surface area contributed by atoms with Crippen LogP contribution in [0.5, 0.6) is 0 Å². The molecule has 0 fully saturated rings. The monoisotopic (exact) mass is 353 g/mol. The summed E-state index contributed by atoms with van der Waals surface area (Å²) >= 11 is 0. The van der Waals surface area contributed by atoms with E-state index in [-0.39, 0.29) is 35.0 Å². The maximum absolute atomic E-state index is 13.2. The lowest BCUT2D eigenvalue weighted by molar-refractivity contribution is -0.122. The number of fused-ring (bicyclic) bond motifs is 1. The van der Waals surface area contributed by atoms with Crippen molar-refractivity contribution < 1.29 is 9.18 Å². The van der Waals surface area contributed by atoms with Gasteiger partial charge in [-0.1, -0.05) is 18.2 Å². The molecule has 26 heavy (non-hydrogen) atoms. The molecule has 1 heterocycles. The Labute approximate surface area is 150 Å². The number of hydrogen-bond acceptors (Lipinski definition) is 3. The largest absolute Gasteiger partial charge is 0.348 e. The first-order valence-electron chi connectivity index (χ1n) is 8.36. The molecule has 2 aromatic carbocycles. The summed E-state index contributed by atoms with van der Waals surface area (Å²) in [6.07, 6.45) is 1.27. The first-order chi connectivity index (χ1) is 12.3. The fraction of sp³-hybridized carbons (Fsp3) is 0.250. The molecule has 0 aliphatic carbocycles. The summed E-state index contributed by atoms with van der Waals surface area (Å²) in [5.74, 6) is -0.747. The van der Waals surface area contributed by atoms with Gasteiger partial charge in [-0.2, -0.15) is 0 Å². The van der Waals surface area contributed by atoms with Gasteiger partial charge in [0.05, 0.1) is 23.3 Å². The number of halogens is 1. The molecule has 0 saturated carbocycles. The molecule has 6 heteroatoms. The van der Waals surface area contributed by atoms with Crippen LogP contribution in [0.1, 0.15) is 29.7 Å². The molecule has 0 bridgehead atoms. The first-order valence-corrected chi connectivity index (χ1v) is 8.36. The lowest BCUT2D eigenvalue weighted by Gasteiger charge is -2.16. The van der Waals surface area contributed by atoms with Gasteiger partial charge < -0.3 is 5.32 Å². The van der Waals surface area contributed by atoms with Crippen LogP contribution >= 0.6 is 0 Å². The third-order valence-corrected chi connectivity index (χ3v) is 4.51. The molecule has 0 aliphatic rings. The molecule has 0 radical (unpaired) electrons. The molecule has 3 rings (SSSR count). The van der Waals surface area contributed by atoms with Gasteiger partial charge in [0, 0.05) is 6.07 Å². The molecule has 0 aliphatic heterocycles. The Morgan fingerprint density at radius 3 is 2.69 bits per heavy atom. The number of benzene rings is 2. The van der Waals surface area contributed by atoms with E-state index in [9.17, 15) is 14.0 Å². The average Bonchev–Trinajstić information content (AvgIpc) is 2.59. The van der Waals surface area contributed by atoms with E-state index in [4.69, 9.17) is 0 Å². The minimum Gasteiger partial charge on any atom is -0.348 e. The Kier molecular flexibility index (Phi) is 4.84. The fourth-order valence-corrected chi connectivity index (χ4v) is 2.80. The number of amides is 1. The predicted octanol–water partition coefficient (Wildman–Crippen LogP) is 3.03. The van der Waals surface area contributed by atoms with E-state index >= 15 is 0 Å². The summed E-state index contributed by atoms with van der Waals surface area (Å²) in [7, 11) is 0. The normalized spacial score (nSPS) is 12.2. The highest BCUT2D eigenvalue weighted by Crippen LogP contribution is 2.16. The summed E-state index contributed by atoms with van der Waals surface area (Å²) in [4.78, 5) is 28.8. The molecule has 0 spiro atoms. The van der Waals surface area contributed by atoms with Crippen LogP contribution in [0.15, 0.2) is 47.5 Å². The predicted molar refractivity (Wildman–Crippen MR) is 98.4 cm³/mol. The molecular formula is C20H20FN3O2. The second-order valence-electron chi connectivity index (χ2n) is 6.47. The van der Waals surface area contributed by atoms with Crippen molar-refractivity contribution >= 4 is 16.8 Å². The number of hydrogen-bond donors (Lipinski definition) is 1. The quantitative estimate of drug-likeness (QED) is 0.784. The summed E-state index contributed by atoms with van der Waals surface area (Å²) < 4.78 is 14.4. The molecule has 134 valence electrons. The third-order valence-electron chi connectivity index (χ3n) is 4.51. The van der Waals surface area contributed by atoms with Crippen LogP contribution in [-0.2, 0) is 11.3 Å². The van der Waals surface area contributed by atoms with E-state index in [0.29, 0.717) is 0 Å². The smallest absolute Gasteiger partial charge is 0.261 e. The summed E-state index contributed by atoms with van der Waals surface area (Å²) in [6.45, 7) is 5.81. The van der Waals surface area contributed by atoms with E-state index in [1.54, 1.807) is 0 Å². The van der Waals surface area contributed by atoms with Crippen molar-refractivity contribution in [1.82, 2.24) is 14.9 Å². The first kappa shape index (κ1) is 17.8. The van der Waals surface area contributed by atoms with E-state index in [1.807, 2.05) is 39.0 Å². The summed E-state index contributed by atoms with van der Waals surface area (Å²) in [5, 5.41) is 3.17. The van der Waals surface area contributed by atoms with E-state index in [1.165, 1.54) is 34.7 Å². The van der Waals surface area contributed by atoms with Crippen LogP contribution in [0.2, 0.25) is 0 Å². The van der Waals surface area contributed by atoms with E-state index in [2.05, 4.69) is 10.3 Å². The Bertz CT molecular complexity index is 1040. The molecule has 3 aromatic rings. The van der Waals surface area contributed by atoms with Gasteiger partial charge in [-0.15, -0.1) is 0 Å². The number of carbonyl (C=O) groups is 1. The molecule has 1 atom stereocenters. The molecule has 0 saturated heterocycles. The molecule has 5 nitrogen and oxygen atoms in total. The van der Waals surface area contributed by atoms with Crippen molar-refractivity contribution in [3.63, 3.8) is 0 Å². The molecule has 1 amide bonds. The molecule has 1 unspecified atom stereocenters. The zero-order chi connectivity index (χ0) is 18.8. The second kappa shape index (κ2) is 7.07. The fourth-order valence-electron chi connectivity index (χ4n) is 2.80. The second-order valence-corrected chi connectivity index (χ2v) is 6.47. The third kappa shape index (κ3) is 3.64. The molecule has 1 aromatic heterocycles. The van der Waals surface area contributed by atoms with Crippen molar-refractivity contribution in [1.29, 1.82) is 0 Å². The zero-order valence-corrected chi connectivity index (χ0v) is 14.9. The molecular weight excluding hydrogens is 333 g/mol. The highest BCUT2D eigenvalue weighted by Gasteiger charge is 2.13. The number of aromatic nitrogens is 2. The van der Waals surface area contributed by atoms with Crippen LogP contribution in [0, 0.1) is 19.7 Å². The van der Waals surface area contributed by atoms with Gasteiger partial charge in [0.25, 0.3) is 5.56 Å². The van der Waals surface area contributed by atoms with Crippen LogP contribution in [0.3, 0.4) is 0 Å². The van der Waals surface area contributed by atoms with Gasteiger partial charge in [0.15, 0.2) is 0 Å². The maximum Gasteiger partial charge on any atom is 0.261 e. The van der Waals surface area contributed by atoms with Crippen LogP contribution in [-0.4, -0.2) is 15.5 Å². The highest BCUT2D eigenvalue weighted by molar-refractivity contribution is 5.79. The minimum atomic E-state index is -0.456. The number of nitrogens with one attached hydrogen (secondary N) is 1. The van der Waals surface area contributed by atoms with Crippen LogP contribution in [0.25, 0.3) is 10.9 Å². The van der Waals surface area contributed by atoms with Gasteiger partial charge >= 0.3 is 0 Å². The molecule has 1 N–H and O–H groups in total. The van der Waals surface area contributed by atoms with Gasteiger partial charge in [-0.25, -0.2) is 9.37 Å². The van der Waals surface area contributed by atoms with Crippen molar-refractivity contribution in [2.24, 2.45) is 0 Å². The van der Waals surface area contributed by atoms with Crippen molar-refractivity contribution in [2.45, 2.75) is 33.4 Å². The Morgan fingerprint density at radius 1 is 1.19 bits per heavy atom. The summed E-state index contributed by atoms with van der Waals surface area (Å²) in [5.41, 5.74) is 3.25. The van der Waals surface area contributed by atoms with Crippen molar-refractivity contribution in [2.75, 3.05) is 0 Å².